The summed E-state index contributed by atoms with van der Waals surface area (Å²) < 4.78 is 13.7. The number of benzene rings is 2. The number of hydrogen-bond acceptors (Lipinski definition) is 1. The number of rotatable bonds is 1. The molecule has 18 heavy (non-hydrogen) atoms. The molecule has 1 aromatic heterocycles. The van der Waals surface area contributed by atoms with E-state index in [0.29, 0.717) is 5.56 Å². The van der Waals surface area contributed by atoms with Gasteiger partial charge >= 0.3 is 0 Å². The summed E-state index contributed by atoms with van der Waals surface area (Å²) in [4.78, 5) is 4.39. The number of nitrogens with zero attached hydrogens (tertiary/aromatic N) is 1. The molecule has 0 N–H and O–H groups in total. The summed E-state index contributed by atoms with van der Waals surface area (Å²) in [5.74, 6) is -0.217. The molecular formula is C16H12FN. The fourth-order valence-corrected chi connectivity index (χ4v) is 2.07. The highest BCUT2D eigenvalue weighted by molar-refractivity contribution is 5.84. The fraction of sp³-hybridized carbons (Fsp3) is 0.0625. The maximum atomic E-state index is 13.7. The Morgan fingerprint density at radius 3 is 2.67 bits per heavy atom. The predicted octanol–water partition coefficient (Wildman–Crippen LogP) is 4.35. The van der Waals surface area contributed by atoms with Crippen LogP contribution in [0.4, 0.5) is 4.39 Å². The molecule has 0 aliphatic heterocycles. The lowest BCUT2D eigenvalue weighted by Crippen LogP contribution is -1.86. The average molecular weight is 237 g/mol. The van der Waals surface area contributed by atoms with Crippen molar-refractivity contribution in [1.82, 2.24) is 4.98 Å². The van der Waals surface area contributed by atoms with Gasteiger partial charge in [0.15, 0.2) is 0 Å². The first kappa shape index (κ1) is 10.9. The van der Waals surface area contributed by atoms with Gasteiger partial charge in [-0.1, -0.05) is 30.3 Å². The van der Waals surface area contributed by atoms with Gasteiger partial charge < -0.3 is 0 Å². The highest BCUT2D eigenvalue weighted by Crippen LogP contribution is 2.25. The van der Waals surface area contributed by atoms with Crippen LogP contribution >= 0.6 is 0 Å². The van der Waals surface area contributed by atoms with Gasteiger partial charge in [-0.3, -0.25) is 4.98 Å². The molecular weight excluding hydrogens is 225 g/mol. The molecule has 0 saturated heterocycles. The van der Waals surface area contributed by atoms with Gasteiger partial charge in [0.25, 0.3) is 0 Å². The first-order valence-corrected chi connectivity index (χ1v) is 5.85. The fourth-order valence-electron chi connectivity index (χ4n) is 2.07. The molecule has 3 rings (SSSR count). The van der Waals surface area contributed by atoms with E-state index in [1.165, 1.54) is 11.6 Å². The highest BCUT2D eigenvalue weighted by atomic mass is 19.1. The Bertz CT molecular complexity index is 719. The van der Waals surface area contributed by atoms with E-state index in [1.807, 2.05) is 37.3 Å². The molecule has 3 aromatic rings. The van der Waals surface area contributed by atoms with Crippen molar-refractivity contribution >= 4 is 10.9 Å². The minimum Gasteiger partial charge on any atom is -0.256 e. The van der Waals surface area contributed by atoms with Crippen LogP contribution in [0.5, 0.6) is 0 Å². The van der Waals surface area contributed by atoms with Crippen molar-refractivity contribution in [1.29, 1.82) is 0 Å². The molecule has 0 spiro atoms. The third-order valence-corrected chi connectivity index (χ3v) is 3.02. The summed E-state index contributed by atoms with van der Waals surface area (Å²) in [5, 5.41) is 1.03. The van der Waals surface area contributed by atoms with E-state index in [2.05, 4.69) is 4.98 Å². The largest absolute Gasteiger partial charge is 0.256 e. The smallest absolute Gasteiger partial charge is 0.131 e. The molecule has 0 bridgehead atoms. The van der Waals surface area contributed by atoms with Gasteiger partial charge in [-0.25, -0.2) is 4.39 Å². The second kappa shape index (κ2) is 4.22. The van der Waals surface area contributed by atoms with Crippen LogP contribution in [0.3, 0.4) is 0 Å². The Morgan fingerprint density at radius 2 is 1.83 bits per heavy atom. The summed E-state index contributed by atoms with van der Waals surface area (Å²) in [6.07, 6.45) is 1.72. The zero-order valence-corrected chi connectivity index (χ0v) is 10.0. The van der Waals surface area contributed by atoms with Crippen LogP contribution in [0.25, 0.3) is 22.0 Å². The Kier molecular flexibility index (Phi) is 2.56. The number of fused-ring (bicyclic) bond motifs is 1. The van der Waals surface area contributed by atoms with Crippen LogP contribution in [-0.4, -0.2) is 4.98 Å². The molecule has 0 aliphatic carbocycles. The van der Waals surface area contributed by atoms with E-state index in [9.17, 15) is 4.39 Å². The summed E-state index contributed by atoms with van der Waals surface area (Å²) >= 11 is 0. The van der Waals surface area contributed by atoms with Gasteiger partial charge in [0.1, 0.15) is 5.82 Å². The van der Waals surface area contributed by atoms with Crippen molar-refractivity contribution in [2.75, 3.05) is 0 Å². The van der Waals surface area contributed by atoms with E-state index < -0.39 is 0 Å². The van der Waals surface area contributed by atoms with Gasteiger partial charge in [-0.15, -0.1) is 0 Å². The zero-order valence-electron chi connectivity index (χ0n) is 10.0. The van der Waals surface area contributed by atoms with Gasteiger partial charge in [0.2, 0.25) is 0 Å². The third kappa shape index (κ3) is 1.86. The lowest BCUT2D eigenvalue weighted by Gasteiger charge is -2.05. The molecule has 0 aliphatic rings. The lowest BCUT2D eigenvalue weighted by atomic mass is 10.0. The van der Waals surface area contributed by atoms with E-state index >= 15 is 0 Å². The summed E-state index contributed by atoms with van der Waals surface area (Å²) in [6, 6.07) is 14.8. The Hall–Kier alpha value is -2.22. The molecule has 2 heteroatoms. The van der Waals surface area contributed by atoms with Crippen LogP contribution in [-0.2, 0) is 0 Å². The van der Waals surface area contributed by atoms with Crippen molar-refractivity contribution in [3.8, 4) is 11.1 Å². The standard InChI is InChI=1S/C16H12FN/c1-11-6-7-12-9-13(10-18-16(12)8-11)14-4-2-3-5-15(14)17/h2-10H,1H3. The maximum absolute atomic E-state index is 13.7. The Labute approximate surface area is 105 Å². The van der Waals surface area contributed by atoms with Crippen LogP contribution in [0.15, 0.2) is 54.7 Å². The molecule has 1 heterocycles. The first-order valence-electron chi connectivity index (χ1n) is 5.85. The molecule has 0 radical (unpaired) electrons. The molecule has 1 nitrogen and oxygen atoms in total. The summed E-state index contributed by atoms with van der Waals surface area (Å²) in [7, 11) is 0. The minimum atomic E-state index is -0.217. The molecule has 0 saturated carbocycles. The molecule has 2 aromatic carbocycles. The van der Waals surface area contributed by atoms with Gasteiger partial charge in [0.05, 0.1) is 5.52 Å². The minimum absolute atomic E-state index is 0.217. The second-order valence-electron chi connectivity index (χ2n) is 4.40. The van der Waals surface area contributed by atoms with Crippen molar-refractivity contribution < 1.29 is 4.39 Å². The highest BCUT2D eigenvalue weighted by Gasteiger charge is 2.05. The van der Waals surface area contributed by atoms with E-state index in [4.69, 9.17) is 0 Å². The molecule has 0 amide bonds. The maximum Gasteiger partial charge on any atom is 0.131 e. The number of halogens is 1. The van der Waals surface area contributed by atoms with E-state index in [0.717, 1.165) is 16.5 Å². The van der Waals surface area contributed by atoms with Crippen molar-refractivity contribution in [2.45, 2.75) is 6.92 Å². The SMILES string of the molecule is Cc1ccc2cc(-c3ccccc3F)cnc2c1. The summed E-state index contributed by atoms with van der Waals surface area (Å²) in [6.45, 7) is 2.03. The second-order valence-corrected chi connectivity index (χ2v) is 4.40. The average Bonchev–Trinajstić information content (AvgIpc) is 2.39. The van der Waals surface area contributed by atoms with Crippen molar-refractivity contribution in [3.05, 3.63) is 66.1 Å². The Balaban J connectivity index is 2.20. The van der Waals surface area contributed by atoms with Crippen LogP contribution in [0.2, 0.25) is 0 Å². The first-order chi connectivity index (χ1) is 8.74. The van der Waals surface area contributed by atoms with E-state index in [1.54, 1.807) is 18.3 Å². The molecule has 0 atom stereocenters. The van der Waals surface area contributed by atoms with Crippen LogP contribution in [0, 0.1) is 12.7 Å². The summed E-state index contributed by atoms with van der Waals surface area (Å²) in [5.41, 5.74) is 3.51. The third-order valence-electron chi connectivity index (χ3n) is 3.02. The van der Waals surface area contributed by atoms with Crippen molar-refractivity contribution in [2.24, 2.45) is 0 Å². The van der Waals surface area contributed by atoms with Crippen LogP contribution in [0.1, 0.15) is 5.56 Å². The quantitative estimate of drug-likeness (QED) is 0.613. The molecule has 0 fully saturated rings. The van der Waals surface area contributed by atoms with Gasteiger partial charge in [-0.05, 0) is 30.7 Å². The van der Waals surface area contributed by atoms with Crippen LogP contribution < -0.4 is 0 Å². The number of hydrogen-bond donors (Lipinski definition) is 0. The van der Waals surface area contributed by atoms with E-state index in [-0.39, 0.29) is 5.82 Å². The van der Waals surface area contributed by atoms with Crippen molar-refractivity contribution in [3.63, 3.8) is 0 Å². The number of pyridine rings is 1. The molecule has 0 unspecified atom stereocenters. The number of aromatic nitrogens is 1. The molecule has 88 valence electrons. The van der Waals surface area contributed by atoms with Gasteiger partial charge in [-0.2, -0.15) is 0 Å². The predicted molar refractivity (Wildman–Crippen MR) is 71.9 cm³/mol. The number of aryl methyl sites for hydroxylation is 1. The monoisotopic (exact) mass is 237 g/mol. The Morgan fingerprint density at radius 1 is 1.00 bits per heavy atom. The van der Waals surface area contributed by atoms with Gasteiger partial charge in [0, 0.05) is 22.7 Å². The lowest BCUT2D eigenvalue weighted by molar-refractivity contribution is 0.631. The topological polar surface area (TPSA) is 12.9 Å². The zero-order chi connectivity index (χ0) is 12.5. The normalized spacial score (nSPS) is 10.8.